The van der Waals surface area contributed by atoms with Crippen molar-refractivity contribution in [2.24, 2.45) is 0 Å². The Balaban J connectivity index is 1.88. The van der Waals surface area contributed by atoms with Gasteiger partial charge in [-0.05, 0) is 25.0 Å². The molecule has 0 aromatic heterocycles. The van der Waals surface area contributed by atoms with Gasteiger partial charge in [0.2, 0.25) is 5.91 Å². The van der Waals surface area contributed by atoms with E-state index in [1.54, 1.807) is 30.2 Å². The Labute approximate surface area is 158 Å². The molecule has 2 N–H and O–H groups in total. The molecule has 0 bridgehead atoms. The highest BCUT2D eigenvalue weighted by Crippen LogP contribution is 2.28. The van der Waals surface area contributed by atoms with Gasteiger partial charge in [-0.3, -0.25) is 9.59 Å². The standard InChI is InChI=1S/C19H24N4O4/c1-26-15-6-7-17(27-2)16(11-15)22-13-14(12-20)19(25)21-8-4-10-23-9-3-5-18(23)24/h6-7,11,13,22H,3-5,8-10H2,1-2H3,(H,21,25)/b14-13-. The summed E-state index contributed by atoms with van der Waals surface area (Å²) in [6.45, 7) is 1.79. The van der Waals surface area contributed by atoms with Crippen molar-refractivity contribution in [3.8, 4) is 17.6 Å². The zero-order valence-electron chi connectivity index (χ0n) is 15.6. The number of ether oxygens (including phenoxy) is 2. The Morgan fingerprint density at radius 1 is 1.37 bits per heavy atom. The third-order valence-electron chi connectivity index (χ3n) is 4.21. The van der Waals surface area contributed by atoms with Crippen molar-refractivity contribution in [2.45, 2.75) is 19.3 Å². The Kier molecular flexibility index (Phi) is 7.49. The summed E-state index contributed by atoms with van der Waals surface area (Å²) >= 11 is 0. The monoisotopic (exact) mass is 372 g/mol. The largest absolute Gasteiger partial charge is 0.497 e. The van der Waals surface area contributed by atoms with Crippen LogP contribution in [0.5, 0.6) is 11.5 Å². The van der Waals surface area contributed by atoms with E-state index in [0.29, 0.717) is 43.1 Å². The van der Waals surface area contributed by atoms with Gasteiger partial charge in [0, 0.05) is 38.3 Å². The van der Waals surface area contributed by atoms with Gasteiger partial charge in [-0.1, -0.05) is 0 Å². The Morgan fingerprint density at radius 2 is 2.19 bits per heavy atom. The summed E-state index contributed by atoms with van der Waals surface area (Å²) in [5.74, 6) is 0.862. The maximum Gasteiger partial charge on any atom is 0.263 e. The van der Waals surface area contributed by atoms with E-state index in [-0.39, 0.29) is 11.5 Å². The molecule has 1 aromatic rings. The molecule has 144 valence electrons. The quantitative estimate of drug-likeness (QED) is 0.388. The second-order valence-corrected chi connectivity index (χ2v) is 5.97. The predicted molar refractivity (Wildman–Crippen MR) is 100 cm³/mol. The molecule has 0 aliphatic carbocycles. The van der Waals surface area contributed by atoms with Gasteiger partial charge in [0.1, 0.15) is 23.1 Å². The van der Waals surface area contributed by atoms with Crippen molar-refractivity contribution >= 4 is 17.5 Å². The molecular weight excluding hydrogens is 348 g/mol. The summed E-state index contributed by atoms with van der Waals surface area (Å²) in [7, 11) is 3.07. The number of nitriles is 1. The normalized spacial score (nSPS) is 13.9. The first-order valence-corrected chi connectivity index (χ1v) is 8.74. The third-order valence-corrected chi connectivity index (χ3v) is 4.21. The van der Waals surface area contributed by atoms with Gasteiger partial charge >= 0.3 is 0 Å². The summed E-state index contributed by atoms with van der Waals surface area (Å²) in [6, 6.07) is 7.05. The number of carbonyl (C=O) groups excluding carboxylic acids is 2. The molecule has 0 spiro atoms. The van der Waals surface area contributed by atoms with Crippen LogP contribution in [0, 0.1) is 11.3 Å². The van der Waals surface area contributed by atoms with E-state index in [2.05, 4.69) is 10.6 Å². The summed E-state index contributed by atoms with van der Waals surface area (Å²) in [5.41, 5.74) is 0.516. The van der Waals surface area contributed by atoms with E-state index in [1.807, 2.05) is 6.07 Å². The molecule has 1 aromatic carbocycles. The van der Waals surface area contributed by atoms with Gasteiger partial charge in [0.05, 0.1) is 19.9 Å². The molecule has 8 nitrogen and oxygen atoms in total. The molecule has 1 fully saturated rings. The average molecular weight is 372 g/mol. The molecule has 27 heavy (non-hydrogen) atoms. The minimum Gasteiger partial charge on any atom is -0.497 e. The van der Waals surface area contributed by atoms with E-state index in [9.17, 15) is 14.9 Å². The highest BCUT2D eigenvalue weighted by molar-refractivity contribution is 5.97. The molecule has 2 amide bonds. The van der Waals surface area contributed by atoms with Gasteiger partial charge < -0.3 is 25.0 Å². The topological polar surface area (TPSA) is 104 Å². The van der Waals surface area contributed by atoms with Crippen LogP contribution in [0.25, 0.3) is 0 Å². The molecule has 8 heteroatoms. The summed E-state index contributed by atoms with van der Waals surface area (Å²) < 4.78 is 10.4. The predicted octanol–water partition coefficient (Wildman–Crippen LogP) is 1.65. The minimum absolute atomic E-state index is 0.0582. The van der Waals surface area contributed by atoms with E-state index in [4.69, 9.17) is 9.47 Å². The van der Waals surface area contributed by atoms with E-state index in [0.717, 1.165) is 13.0 Å². The van der Waals surface area contributed by atoms with Crippen LogP contribution >= 0.6 is 0 Å². The Morgan fingerprint density at radius 3 is 2.81 bits per heavy atom. The van der Waals surface area contributed by atoms with Crippen LogP contribution in [0.15, 0.2) is 30.0 Å². The lowest BCUT2D eigenvalue weighted by Crippen LogP contribution is -2.31. The number of nitrogens with one attached hydrogen (secondary N) is 2. The molecule has 1 saturated heterocycles. The highest BCUT2D eigenvalue weighted by Gasteiger charge is 2.19. The van der Waals surface area contributed by atoms with Crippen molar-refractivity contribution in [1.29, 1.82) is 5.26 Å². The van der Waals surface area contributed by atoms with Crippen LogP contribution in [-0.2, 0) is 9.59 Å². The molecule has 0 saturated carbocycles. The van der Waals surface area contributed by atoms with Crippen molar-refractivity contribution in [3.63, 3.8) is 0 Å². The molecule has 0 unspecified atom stereocenters. The first-order chi connectivity index (χ1) is 13.1. The minimum atomic E-state index is -0.473. The lowest BCUT2D eigenvalue weighted by Gasteiger charge is -2.15. The number of benzene rings is 1. The maximum absolute atomic E-state index is 12.2. The summed E-state index contributed by atoms with van der Waals surface area (Å²) in [5, 5.41) is 14.8. The number of methoxy groups -OCH3 is 2. The van der Waals surface area contributed by atoms with Crippen molar-refractivity contribution in [2.75, 3.05) is 39.2 Å². The van der Waals surface area contributed by atoms with Gasteiger partial charge in [-0.15, -0.1) is 0 Å². The van der Waals surface area contributed by atoms with Gasteiger partial charge in [0.25, 0.3) is 5.91 Å². The number of hydrogen-bond donors (Lipinski definition) is 2. The Bertz CT molecular complexity index is 755. The summed E-state index contributed by atoms with van der Waals surface area (Å²) in [4.78, 5) is 25.5. The third kappa shape index (κ3) is 5.64. The van der Waals surface area contributed by atoms with Crippen LogP contribution < -0.4 is 20.1 Å². The van der Waals surface area contributed by atoms with Crippen LogP contribution in [0.2, 0.25) is 0 Å². The van der Waals surface area contributed by atoms with Gasteiger partial charge in [-0.2, -0.15) is 5.26 Å². The fraction of sp³-hybridized carbons (Fsp3) is 0.421. The number of likely N-dealkylation sites (tertiary alicyclic amines) is 1. The second kappa shape index (κ2) is 10.1. The fourth-order valence-corrected chi connectivity index (χ4v) is 2.73. The molecule has 0 atom stereocenters. The van der Waals surface area contributed by atoms with Gasteiger partial charge in [0.15, 0.2) is 0 Å². The van der Waals surface area contributed by atoms with E-state index < -0.39 is 5.91 Å². The van der Waals surface area contributed by atoms with Crippen LogP contribution in [-0.4, -0.2) is 50.6 Å². The molecule has 1 aliphatic heterocycles. The second-order valence-electron chi connectivity index (χ2n) is 5.97. The van der Waals surface area contributed by atoms with E-state index >= 15 is 0 Å². The average Bonchev–Trinajstić information content (AvgIpc) is 3.10. The van der Waals surface area contributed by atoms with Crippen LogP contribution in [0.1, 0.15) is 19.3 Å². The molecule has 0 radical (unpaired) electrons. The molecule has 1 heterocycles. The first kappa shape index (κ1) is 20.1. The smallest absolute Gasteiger partial charge is 0.263 e. The number of rotatable bonds is 9. The van der Waals surface area contributed by atoms with Gasteiger partial charge in [-0.25, -0.2) is 0 Å². The number of amides is 2. The lowest BCUT2D eigenvalue weighted by molar-refractivity contribution is -0.127. The lowest BCUT2D eigenvalue weighted by atomic mass is 10.2. The zero-order valence-corrected chi connectivity index (χ0v) is 15.6. The SMILES string of the molecule is COc1ccc(OC)c(N/C=C(/C#N)C(=O)NCCCN2CCCC2=O)c1. The van der Waals surface area contributed by atoms with E-state index in [1.165, 1.54) is 13.3 Å². The van der Waals surface area contributed by atoms with Crippen molar-refractivity contribution in [3.05, 3.63) is 30.0 Å². The molecular formula is C19H24N4O4. The first-order valence-electron chi connectivity index (χ1n) is 8.74. The highest BCUT2D eigenvalue weighted by atomic mass is 16.5. The molecule has 1 aliphatic rings. The Hall–Kier alpha value is -3.21. The fourth-order valence-electron chi connectivity index (χ4n) is 2.73. The summed E-state index contributed by atoms with van der Waals surface area (Å²) in [6.07, 6.45) is 3.48. The number of anilines is 1. The zero-order chi connectivity index (χ0) is 19.6. The number of nitrogens with zero attached hydrogens (tertiary/aromatic N) is 2. The van der Waals surface area contributed by atoms with Crippen molar-refractivity contribution < 1.29 is 19.1 Å². The van der Waals surface area contributed by atoms with Crippen LogP contribution in [0.4, 0.5) is 5.69 Å². The maximum atomic E-state index is 12.2. The van der Waals surface area contributed by atoms with Crippen LogP contribution in [0.3, 0.4) is 0 Å². The number of hydrogen-bond acceptors (Lipinski definition) is 6. The molecule has 2 rings (SSSR count). The van der Waals surface area contributed by atoms with Crippen molar-refractivity contribution in [1.82, 2.24) is 10.2 Å². The number of carbonyl (C=O) groups is 2.